The maximum atomic E-state index is 12.4. The number of nitrogens with one attached hydrogen (secondary N) is 1. The number of rotatable bonds is 7. The number of hydrogen-bond donors (Lipinski definition) is 1. The molecular weight excluding hydrogens is 300 g/mol. The predicted octanol–water partition coefficient (Wildman–Crippen LogP) is 3.45. The summed E-state index contributed by atoms with van der Waals surface area (Å²) in [7, 11) is 1.98. The molecule has 1 atom stereocenters. The molecule has 1 aliphatic rings. The van der Waals surface area contributed by atoms with E-state index in [1.165, 1.54) is 30.4 Å². The zero-order valence-corrected chi connectivity index (χ0v) is 15.6. The van der Waals surface area contributed by atoms with Crippen LogP contribution in [0.3, 0.4) is 0 Å². The molecule has 134 valence electrons. The van der Waals surface area contributed by atoms with Crippen LogP contribution in [0.5, 0.6) is 5.75 Å². The zero-order valence-electron chi connectivity index (χ0n) is 15.6. The second-order valence-electron chi connectivity index (χ2n) is 7.17. The summed E-state index contributed by atoms with van der Waals surface area (Å²) in [5, 5.41) is 3.20. The SMILES string of the molecule is Cc1cc(C)cc(OCCN(C)C(C)C(=O)NC2CCCCC2)c1. The van der Waals surface area contributed by atoms with Crippen LogP contribution in [0, 0.1) is 13.8 Å². The number of hydrogen-bond acceptors (Lipinski definition) is 3. The van der Waals surface area contributed by atoms with Crippen LogP contribution in [0.2, 0.25) is 0 Å². The van der Waals surface area contributed by atoms with Crippen LogP contribution >= 0.6 is 0 Å². The second kappa shape index (κ2) is 9.07. The largest absolute Gasteiger partial charge is 0.492 e. The molecule has 0 heterocycles. The Kier molecular flexibility index (Phi) is 7.10. The van der Waals surface area contributed by atoms with E-state index in [2.05, 4.69) is 30.1 Å². The van der Waals surface area contributed by atoms with Crippen LogP contribution < -0.4 is 10.1 Å². The predicted molar refractivity (Wildman–Crippen MR) is 98.5 cm³/mol. The highest BCUT2D eigenvalue weighted by Crippen LogP contribution is 2.18. The number of aryl methyl sites for hydroxylation is 2. The molecule has 1 N–H and O–H groups in total. The molecule has 0 radical (unpaired) electrons. The van der Waals surface area contributed by atoms with Crippen LogP contribution in [-0.4, -0.2) is 43.1 Å². The highest BCUT2D eigenvalue weighted by Gasteiger charge is 2.22. The minimum absolute atomic E-state index is 0.130. The average molecular weight is 332 g/mol. The van der Waals surface area contributed by atoms with Crippen LogP contribution in [0.1, 0.15) is 50.2 Å². The van der Waals surface area contributed by atoms with Crippen molar-refractivity contribution in [1.82, 2.24) is 10.2 Å². The van der Waals surface area contributed by atoms with E-state index in [-0.39, 0.29) is 11.9 Å². The third-order valence-electron chi connectivity index (χ3n) is 4.90. The molecular formula is C20H32N2O2. The first kappa shape index (κ1) is 18.8. The molecule has 1 saturated carbocycles. The summed E-state index contributed by atoms with van der Waals surface area (Å²) in [5.41, 5.74) is 2.41. The number of benzene rings is 1. The van der Waals surface area contributed by atoms with Crippen molar-refractivity contribution in [3.8, 4) is 5.75 Å². The van der Waals surface area contributed by atoms with Gasteiger partial charge in [-0.25, -0.2) is 0 Å². The van der Waals surface area contributed by atoms with E-state index >= 15 is 0 Å². The fourth-order valence-corrected chi connectivity index (χ4v) is 3.29. The molecule has 0 bridgehead atoms. The van der Waals surface area contributed by atoms with Crippen molar-refractivity contribution < 1.29 is 9.53 Å². The molecule has 0 saturated heterocycles. The molecule has 0 aromatic heterocycles. The number of ether oxygens (including phenoxy) is 1. The van der Waals surface area contributed by atoms with Crippen LogP contribution in [-0.2, 0) is 4.79 Å². The number of carbonyl (C=O) groups is 1. The van der Waals surface area contributed by atoms with Gasteiger partial charge in [0.2, 0.25) is 5.91 Å². The first-order valence-corrected chi connectivity index (χ1v) is 9.17. The van der Waals surface area contributed by atoms with Gasteiger partial charge in [-0.3, -0.25) is 9.69 Å². The summed E-state index contributed by atoms with van der Waals surface area (Å²) in [6, 6.07) is 6.47. The summed E-state index contributed by atoms with van der Waals surface area (Å²) >= 11 is 0. The lowest BCUT2D eigenvalue weighted by Crippen LogP contribution is -2.48. The van der Waals surface area contributed by atoms with Crippen molar-refractivity contribution in [2.45, 2.75) is 65.0 Å². The zero-order chi connectivity index (χ0) is 17.5. The van der Waals surface area contributed by atoms with E-state index in [0.29, 0.717) is 12.6 Å². The topological polar surface area (TPSA) is 41.6 Å². The molecule has 1 aliphatic carbocycles. The van der Waals surface area contributed by atoms with Gasteiger partial charge in [0.15, 0.2) is 0 Å². The third kappa shape index (κ3) is 5.82. The fraction of sp³-hybridized carbons (Fsp3) is 0.650. The minimum atomic E-state index is -0.130. The van der Waals surface area contributed by atoms with Gasteiger partial charge in [0.05, 0.1) is 6.04 Å². The van der Waals surface area contributed by atoms with E-state index in [4.69, 9.17) is 4.74 Å². The van der Waals surface area contributed by atoms with Crippen molar-refractivity contribution in [3.63, 3.8) is 0 Å². The van der Waals surface area contributed by atoms with E-state index < -0.39 is 0 Å². The van der Waals surface area contributed by atoms with Gasteiger partial charge in [-0.1, -0.05) is 25.3 Å². The fourth-order valence-electron chi connectivity index (χ4n) is 3.29. The van der Waals surface area contributed by atoms with Crippen LogP contribution in [0.4, 0.5) is 0 Å². The minimum Gasteiger partial charge on any atom is -0.492 e. The summed E-state index contributed by atoms with van der Waals surface area (Å²) < 4.78 is 5.84. The van der Waals surface area contributed by atoms with E-state index in [9.17, 15) is 4.79 Å². The van der Waals surface area contributed by atoms with E-state index in [1.54, 1.807) is 0 Å². The summed E-state index contributed by atoms with van der Waals surface area (Å²) in [5.74, 6) is 1.04. The molecule has 1 unspecified atom stereocenters. The summed E-state index contributed by atoms with van der Waals surface area (Å²) in [6.07, 6.45) is 6.02. The number of amides is 1. The Bertz CT molecular complexity index is 518. The molecule has 24 heavy (non-hydrogen) atoms. The lowest BCUT2D eigenvalue weighted by molar-refractivity contribution is -0.126. The summed E-state index contributed by atoms with van der Waals surface area (Å²) in [6.45, 7) is 7.43. The molecule has 1 aromatic rings. The molecule has 1 aromatic carbocycles. The van der Waals surface area contributed by atoms with Gasteiger partial charge >= 0.3 is 0 Å². The van der Waals surface area contributed by atoms with Gasteiger partial charge in [0, 0.05) is 12.6 Å². The number of likely N-dealkylation sites (N-methyl/N-ethyl adjacent to an activating group) is 1. The molecule has 2 rings (SSSR count). The Morgan fingerprint density at radius 2 is 1.83 bits per heavy atom. The van der Waals surface area contributed by atoms with E-state index in [1.807, 2.05) is 26.1 Å². The summed E-state index contributed by atoms with van der Waals surface area (Å²) in [4.78, 5) is 14.4. The monoisotopic (exact) mass is 332 g/mol. The van der Waals surface area contributed by atoms with Crippen molar-refractivity contribution in [3.05, 3.63) is 29.3 Å². The molecule has 1 amide bonds. The number of carbonyl (C=O) groups excluding carboxylic acids is 1. The van der Waals surface area contributed by atoms with Gasteiger partial charge in [0.25, 0.3) is 0 Å². The Balaban J connectivity index is 1.74. The Morgan fingerprint density at radius 1 is 1.21 bits per heavy atom. The van der Waals surface area contributed by atoms with Gasteiger partial charge in [-0.05, 0) is 63.9 Å². The first-order chi connectivity index (χ1) is 11.5. The molecule has 1 fully saturated rings. The maximum absolute atomic E-state index is 12.4. The van der Waals surface area contributed by atoms with Crippen LogP contribution in [0.25, 0.3) is 0 Å². The Labute approximate surface area is 146 Å². The number of nitrogens with zero attached hydrogens (tertiary/aromatic N) is 1. The molecule has 0 aliphatic heterocycles. The van der Waals surface area contributed by atoms with Crippen LogP contribution in [0.15, 0.2) is 18.2 Å². The Morgan fingerprint density at radius 3 is 2.46 bits per heavy atom. The van der Waals surface area contributed by atoms with E-state index in [0.717, 1.165) is 25.1 Å². The smallest absolute Gasteiger partial charge is 0.237 e. The first-order valence-electron chi connectivity index (χ1n) is 9.17. The third-order valence-corrected chi connectivity index (χ3v) is 4.90. The quantitative estimate of drug-likeness (QED) is 0.831. The van der Waals surface area contributed by atoms with Gasteiger partial charge < -0.3 is 10.1 Å². The molecule has 4 heteroatoms. The van der Waals surface area contributed by atoms with Gasteiger partial charge in [0.1, 0.15) is 12.4 Å². The lowest BCUT2D eigenvalue weighted by Gasteiger charge is -2.28. The average Bonchev–Trinajstić information content (AvgIpc) is 2.54. The van der Waals surface area contributed by atoms with Gasteiger partial charge in [-0.2, -0.15) is 0 Å². The van der Waals surface area contributed by atoms with Gasteiger partial charge in [-0.15, -0.1) is 0 Å². The highest BCUT2D eigenvalue weighted by atomic mass is 16.5. The highest BCUT2D eigenvalue weighted by molar-refractivity contribution is 5.81. The second-order valence-corrected chi connectivity index (χ2v) is 7.17. The molecule has 0 spiro atoms. The molecule has 4 nitrogen and oxygen atoms in total. The normalized spacial score (nSPS) is 16.9. The van der Waals surface area contributed by atoms with Crippen molar-refractivity contribution in [1.29, 1.82) is 0 Å². The van der Waals surface area contributed by atoms with Crippen molar-refractivity contribution >= 4 is 5.91 Å². The maximum Gasteiger partial charge on any atom is 0.237 e. The lowest BCUT2D eigenvalue weighted by atomic mass is 9.95. The Hall–Kier alpha value is -1.55. The standard InChI is InChI=1S/C20H32N2O2/c1-15-12-16(2)14-19(13-15)24-11-10-22(4)17(3)20(23)21-18-8-6-5-7-9-18/h12-14,17-18H,5-11H2,1-4H3,(H,21,23). The van der Waals surface area contributed by atoms with Crippen molar-refractivity contribution in [2.75, 3.05) is 20.2 Å². The van der Waals surface area contributed by atoms with Crippen molar-refractivity contribution in [2.24, 2.45) is 0 Å².